The van der Waals surface area contributed by atoms with Gasteiger partial charge in [0.25, 0.3) is 0 Å². The van der Waals surface area contributed by atoms with Crippen LogP contribution in [0.3, 0.4) is 0 Å². The molecule has 0 saturated carbocycles. The Labute approximate surface area is 127 Å². The average Bonchev–Trinajstić information content (AvgIpc) is 2.73. The Kier molecular flexibility index (Phi) is 4.09. The van der Waals surface area contributed by atoms with Gasteiger partial charge in [-0.15, -0.1) is 0 Å². The number of nitrogens with one attached hydrogen (secondary N) is 2. The number of benzene rings is 1. The van der Waals surface area contributed by atoms with Crippen molar-refractivity contribution in [1.82, 2.24) is 10.2 Å². The SMILES string of the molecule is CC(C)(C)OC(=O)Nc1cc(Cl)ccc1-c1cc(N)n[nH]1. The van der Waals surface area contributed by atoms with E-state index in [1.807, 2.05) is 0 Å². The monoisotopic (exact) mass is 308 g/mol. The second kappa shape index (κ2) is 5.65. The van der Waals surface area contributed by atoms with Gasteiger partial charge in [0, 0.05) is 16.7 Å². The van der Waals surface area contributed by atoms with E-state index in [2.05, 4.69) is 15.5 Å². The number of rotatable bonds is 2. The molecule has 112 valence electrons. The van der Waals surface area contributed by atoms with Crippen molar-refractivity contribution >= 4 is 29.2 Å². The van der Waals surface area contributed by atoms with Gasteiger partial charge in [-0.1, -0.05) is 11.6 Å². The number of carbonyl (C=O) groups excluding carboxylic acids is 1. The summed E-state index contributed by atoms with van der Waals surface area (Å²) in [6.07, 6.45) is -0.557. The summed E-state index contributed by atoms with van der Waals surface area (Å²) in [5.74, 6) is 0.364. The lowest BCUT2D eigenvalue weighted by molar-refractivity contribution is 0.0636. The van der Waals surface area contributed by atoms with Crippen molar-refractivity contribution < 1.29 is 9.53 Å². The summed E-state index contributed by atoms with van der Waals surface area (Å²) < 4.78 is 5.23. The summed E-state index contributed by atoms with van der Waals surface area (Å²) in [5.41, 5.74) is 6.93. The third kappa shape index (κ3) is 4.13. The van der Waals surface area contributed by atoms with Crippen molar-refractivity contribution in [2.45, 2.75) is 26.4 Å². The number of ether oxygens (including phenoxy) is 1. The van der Waals surface area contributed by atoms with E-state index in [4.69, 9.17) is 22.1 Å². The van der Waals surface area contributed by atoms with Crippen molar-refractivity contribution in [3.63, 3.8) is 0 Å². The quantitative estimate of drug-likeness (QED) is 0.789. The molecule has 1 amide bonds. The van der Waals surface area contributed by atoms with Gasteiger partial charge >= 0.3 is 6.09 Å². The van der Waals surface area contributed by atoms with Crippen LogP contribution < -0.4 is 11.1 Å². The molecule has 0 bridgehead atoms. The highest BCUT2D eigenvalue weighted by atomic mass is 35.5. The number of halogens is 1. The first-order chi connectivity index (χ1) is 9.74. The van der Waals surface area contributed by atoms with Gasteiger partial charge in [0.15, 0.2) is 0 Å². The van der Waals surface area contributed by atoms with Gasteiger partial charge in [-0.2, -0.15) is 5.10 Å². The summed E-state index contributed by atoms with van der Waals surface area (Å²) in [7, 11) is 0. The van der Waals surface area contributed by atoms with Crippen LogP contribution in [-0.4, -0.2) is 21.9 Å². The minimum atomic E-state index is -0.582. The minimum absolute atomic E-state index is 0.364. The van der Waals surface area contributed by atoms with Crippen LogP contribution in [0.15, 0.2) is 24.3 Å². The average molecular weight is 309 g/mol. The van der Waals surface area contributed by atoms with Crippen LogP contribution in [0.5, 0.6) is 0 Å². The number of nitrogens with zero attached hydrogens (tertiary/aromatic N) is 1. The molecule has 2 rings (SSSR count). The molecule has 0 spiro atoms. The summed E-state index contributed by atoms with van der Waals surface area (Å²) in [5, 5.41) is 9.84. The number of carbonyl (C=O) groups is 1. The van der Waals surface area contributed by atoms with Crippen LogP contribution in [0.1, 0.15) is 20.8 Å². The molecule has 0 aliphatic rings. The number of aromatic nitrogens is 2. The molecular weight excluding hydrogens is 292 g/mol. The summed E-state index contributed by atoms with van der Waals surface area (Å²) in [6, 6.07) is 6.79. The van der Waals surface area contributed by atoms with Crippen LogP contribution >= 0.6 is 11.6 Å². The van der Waals surface area contributed by atoms with E-state index in [-0.39, 0.29) is 0 Å². The van der Waals surface area contributed by atoms with E-state index in [1.54, 1.807) is 45.0 Å². The molecule has 1 aromatic carbocycles. The Balaban J connectivity index is 2.30. The number of hydrogen-bond donors (Lipinski definition) is 3. The normalized spacial score (nSPS) is 11.2. The maximum Gasteiger partial charge on any atom is 0.412 e. The molecule has 0 saturated heterocycles. The fraction of sp³-hybridized carbons (Fsp3) is 0.286. The molecule has 2 aromatic rings. The number of nitrogen functional groups attached to an aromatic ring is 1. The second-order valence-corrected chi connectivity index (χ2v) is 5.96. The molecule has 4 N–H and O–H groups in total. The molecule has 0 aliphatic carbocycles. The third-order valence-corrected chi connectivity index (χ3v) is 2.74. The van der Waals surface area contributed by atoms with Crippen molar-refractivity contribution in [3.8, 4) is 11.3 Å². The van der Waals surface area contributed by atoms with Gasteiger partial charge in [-0.25, -0.2) is 4.79 Å². The lowest BCUT2D eigenvalue weighted by atomic mass is 10.1. The molecule has 0 radical (unpaired) electrons. The molecule has 6 nitrogen and oxygen atoms in total. The van der Waals surface area contributed by atoms with E-state index in [0.717, 1.165) is 5.56 Å². The molecule has 0 atom stereocenters. The Morgan fingerprint density at radius 3 is 2.67 bits per heavy atom. The zero-order valence-corrected chi connectivity index (χ0v) is 12.8. The molecule has 0 fully saturated rings. The van der Waals surface area contributed by atoms with E-state index in [1.165, 1.54) is 0 Å². The first-order valence-corrected chi connectivity index (χ1v) is 6.73. The van der Waals surface area contributed by atoms with Gasteiger partial charge in [-0.3, -0.25) is 10.4 Å². The Morgan fingerprint density at radius 1 is 1.38 bits per heavy atom. The van der Waals surface area contributed by atoms with E-state index >= 15 is 0 Å². The number of aromatic amines is 1. The molecular formula is C14H17ClN4O2. The fourth-order valence-electron chi connectivity index (χ4n) is 1.74. The molecule has 21 heavy (non-hydrogen) atoms. The number of amides is 1. The van der Waals surface area contributed by atoms with Gasteiger partial charge in [0.2, 0.25) is 0 Å². The van der Waals surface area contributed by atoms with Crippen LogP contribution in [0.4, 0.5) is 16.3 Å². The van der Waals surface area contributed by atoms with E-state index in [9.17, 15) is 4.79 Å². The van der Waals surface area contributed by atoms with Gasteiger partial charge in [0.05, 0.1) is 11.4 Å². The van der Waals surface area contributed by atoms with Crippen molar-refractivity contribution in [2.75, 3.05) is 11.1 Å². The highest BCUT2D eigenvalue weighted by molar-refractivity contribution is 6.31. The van der Waals surface area contributed by atoms with Crippen molar-refractivity contribution in [1.29, 1.82) is 0 Å². The van der Waals surface area contributed by atoms with Crippen LogP contribution in [0, 0.1) is 0 Å². The number of anilines is 2. The lowest BCUT2D eigenvalue weighted by Gasteiger charge is -2.20. The lowest BCUT2D eigenvalue weighted by Crippen LogP contribution is -2.27. The second-order valence-electron chi connectivity index (χ2n) is 5.52. The first-order valence-electron chi connectivity index (χ1n) is 6.35. The molecule has 7 heteroatoms. The summed E-state index contributed by atoms with van der Waals surface area (Å²) in [6.45, 7) is 5.38. The molecule has 1 aromatic heterocycles. The summed E-state index contributed by atoms with van der Waals surface area (Å²) >= 11 is 5.98. The first kappa shape index (κ1) is 15.2. The van der Waals surface area contributed by atoms with Crippen molar-refractivity contribution in [2.24, 2.45) is 0 Å². The van der Waals surface area contributed by atoms with E-state index in [0.29, 0.717) is 22.2 Å². The smallest absolute Gasteiger partial charge is 0.412 e. The third-order valence-electron chi connectivity index (χ3n) is 2.51. The highest BCUT2D eigenvalue weighted by Crippen LogP contribution is 2.30. The molecule has 0 aliphatic heterocycles. The summed E-state index contributed by atoms with van der Waals surface area (Å²) in [4.78, 5) is 11.9. The van der Waals surface area contributed by atoms with Crippen molar-refractivity contribution in [3.05, 3.63) is 29.3 Å². The van der Waals surface area contributed by atoms with Crippen LogP contribution in [0.2, 0.25) is 5.02 Å². The molecule has 1 heterocycles. The number of H-pyrrole nitrogens is 1. The largest absolute Gasteiger partial charge is 0.444 e. The number of nitrogens with two attached hydrogens (primary N) is 1. The van der Waals surface area contributed by atoms with Gasteiger partial charge in [-0.05, 0) is 39.0 Å². The zero-order valence-electron chi connectivity index (χ0n) is 12.0. The number of hydrogen-bond acceptors (Lipinski definition) is 4. The Bertz CT molecular complexity index is 661. The maximum atomic E-state index is 11.9. The standard InChI is InChI=1S/C14H17ClN4O2/c1-14(2,3)21-13(20)17-10-6-8(15)4-5-9(10)11-7-12(16)19-18-11/h4-7H,1-3H3,(H,17,20)(H3,16,18,19). The molecule has 0 unspecified atom stereocenters. The minimum Gasteiger partial charge on any atom is -0.444 e. The Hall–Kier alpha value is -2.21. The zero-order chi connectivity index (χ0) is 15.6. The van der Waals surface area contributed by atoms with Gasteiger partial charge in [0.1, 0.15) is 11.4 Å². The highest BCUT2D eigenvalue weighted by Gasteiger charge is 2.18. The van der Waals surface area contributed by atoms with Gasteiger partial charge < -0.3 is 10.5 Å². The predicted molar refractivity (Wildman–Crippen MR) is 83.3 cm³/mol. The van der Waals surface area contributed by atoms with E-state index < -0.39 is 11.7 Å². The Morgan fingerprint density at radius 2 is 2.10 bits per heavy atom. The van der Waals surface area contributed by atoms with Crippen LogP contribution in [0.25, 0.3) is 11.3 Å². The fourth-order valence-corrected chi connectivity index (χ4v) is 1.92. The topological polar surface area (TPSA) is 93.0 Å². The van der Waals surface area contributed by atoms with Crippen LogP contribution in [-0.2, 0) is 4.74 Å². The maximum absolute atomic E-state index is 11.9. The predicted octanol–water partition coefficient (Wildman–Crippen LogP) is 3.66.